The second kappa shape index (κ2) is 4.34. The van der Waals surface area contributed by atoms with E-state index in [1.165, 1.54) is 0 Å². The lowest BCUT2D eigenvalue weighted by molar-refractivity contribution is -0.244. The molecule has 2 nitrogen and oxygen atoms in total. The lowest BCUT2D eigenvalue weighted by Gasteiger charge is -2.12. The lowest BCUT2D eigenvalue weighted by Crippen LogP contribution is -2.21. The molecule has 16 heavy (non-hydrogen) atoms. The number of benzene rings is 1. The normalized spacial score (nSPS) is 12.6. The molecule has 0 bridgehead atoms. The van der Waals surface area contributed by atoms with Gasteiger partial charge in [0.25, 0.3) is 5.78 Å². The molecule has 0 saturated carbocycles. The molecule has 0 aliphatic carbocycles. The highest BCUT2D eigenvalue weighted by Crippen LogP contribution is 2.18. The molecular weight excluding hydrogens is 228 g/mol. The number of halogens is 4. The van der Waals surface area contributed by atoms with Crippen LogP contribution in [0.25, 0.3) is 5.76 Å². The SMILES string of the molecule is O=C(/C=C(\[O-])c1ccc(F)cc1)C(F)(F)F. The van der Waals surface area contributed by atoms with Gasteiger partial charge in [0, 0.05) is 0 Å². The molecule has 0 heterocycles. The van der Waals surface area contributed by atoms with Gasteiger partial charge in [-0.1, -0.05) is 17.9 Å². The van der Waals surface area contributed by atoms with Gasteiger partial charge in [-0.05, 0) is 23.8 Å². The zero-order chi connectivity index (χ0) is 12.3. The maximum Gasteiger partial charge on any atom is 0.454 e. The predicted octanol–water partition coefficient (Wildman–Crippen LogP) is 1.66. The summed E-state index contributed by atoms with van der Waals surface area (Å²) in [5, 5.41) is 11.1. The van der Waals surface area contributed by atoms with Crippen LogP contribution in [0.2, 0.25) is 0 Å². The fraction of sp³-hybridized carbons (Fsp3) is 0.100. The van der Waals surface area contributed by atoms with E-state index in [0.29, 0.717) is 0 Å². The second-order valence-electron chi connectivity index (χ2n) is 2.88. The van der Waals surface area contributed by atoms with Gasteiger partial charge in [0.15, 0.2) is 0 Å². The minimum Gasteiger partial charge on any atom is -0.872 e. The molecular formula is C10H5F4O2-. The molecule has 0 fully saturated rings. The second-order valence-corrected chi connectivity index (χ2v) is 2.88. The Labute approximate surface area is 87.8 Å². The molecule has 6 heteroatoms. The number of rotatable bonds is 2. The molecule has 1 aromatic carbocycles. The van der Waals surface area contributed by atoms with Gasteiger partial charge >= 0.3 is 6.18 Å². The molecule has 0 saturated heterocycles. The maximum absolute atomic E-state index is 12.4. The summed E-state index contributed by atoms with van der Waals surface area (Å²) in [6.07, 6.45) is -5.14. The van der Waals surface area contributed by atoms with E-state index in [4.69, 9.17) is 0 Å². The first-order chi connectivity index (χ1) is 7.30. The summed E-state index contributed by atoms with van der Waals surface area (Å²) in [6.45, 7) is 0. The fourth-order valence-electron chi connectivity index (χ4n) is 0.898. The smallest absolute Gasteiger partial charge is 0.454 e. The van der Waals surface area contributed by atoms with Gasteiger partial charge in [-0.25, -0.2) is 4.39 Å². The minimum absolute atomic E-state index is 0.0623. The van der Waals surface area contributed by atoms with Crippen molar-refractivity contribution >= 4 is 11.5 Å². The van der Waals surface area contributed by atoms with Crippen LogP contribution in [0, 0.1) is 5.82 Å². The topological polar surface area (TPSA) is 40.1 Å². The van der Waals surface area contributed by atoms with Crippen molar-refractivity contribution in [1.29, 1.82) is 0 Å². The van der Waals surface area contributed by atoms with Crippen LogP contribution in [0.4, 0.5) is 17.6 Å². The van der Waals surface area contributed by atoms with Gasteiger partial charge in [-0.3, -0.25) is 4.79 Å². The highest BCUT2D eigenvalue weighted by Gasteiger charge is 2.36. The average Bonchev–Trinajstić information content (AvgIpc) is 2.17. The van der Waals surface area contributed by atoms with Gasteiger partial charge in [-0.15, -0.1) is 0 Å². The monoisotopic (exact) mass is 233 g/mol. The van der Waals surface area contributed by atoms with E-state index in [-0.39, 0.29) is 11.6 Å². The van der Waals surface area contributed by atoms with Gasteiger partial charge < -0.3 is 5.11 Å². The average molecular weight is 233 g/mol. The molecule has 86 valence electrons. The molecule has 0 N–H and O–H groups in total. The number of allylic oxidation sites excluding steroid dienone is 1. The van der Waals surface area contributed by atoms with Crippen molar-refractivity contribution in [2.24, 2.45) is 0 Å². The van der Waals surface area contributed by atoms with Gasteiger partial charge in [0.05, 0.1) is 0 Å². The highest BCUT2D eigenvalue weighted by atomic mass is 19.4. The summed E-state index contributed by atoms with van der Waals surface area (Å²) >= 11 is 0. The van der Waals surface area contributed by atoms with Crippen molar-refractivity contribution < 1.29 is 27.5 Å². The van der Waals surface area contributed by atoms with Crippen LogP contribution in [0.3, 0.4) is 0 Å². The molecule has 0 amide bonds. The van der Waals surface area contributed by atoms with E-state index in [2.05, 4.69) is 0 Å². The van der Waals surface area contributed by atoms with Crippen LogP contribution in [0.5, 0.6) is 0 Å². The third kappa shape index (κ3) is 3.08. The minimum atomic E-state index is -5.07. The molecule has 0 atom stereocenters. The Morgan fingerprint density at radius 3 is 2.12 bits per heavy atom. The van der Waals surface area contributed by atoms with Gasteiger partial charge in [-0.2, -0.15) is 13.2 Å². The number of hydrogen-bond acceptors (Lipinski definition) is 2. The zero-order valence-corrected chi connectivity index (χ0v) is 7.72. The summed E-state index contributed by atoms with van der Waals surface area (Å²) in [4.78, 5) is 10.4. The van der Waals surface area contributed by atoms with Crippen LogP contribution in [-0.2, 0) is 4.79 Å². The molecule has 0 aliphatic heterocycles. The lowest BCUT2D eigenvalue weighted by atomic mass is 10.1. The summed E-state index contributed by atoms with van der Waals surface area (Å²) < 4.78 is 47.8. The zero-order valence-electron chi connectivity index (χ0n) is 7.72. The van der Waals surface area contributed by atoms with Crippen LogP contribution in [0.1, 0.15) is 5.56 Å². The Bertz CT molecular complexity index is 417. The van der Waals surface area contributed by atoms with E-state index in [0.717, 1.165) is 24.3 Å². The quantitative estimate of drug-likeness (QED) is 0.442. The van der Waals surface area contributed by atoms with Crippen molar-refractivity contribution in [3.8, 4) is 0 Å². The molecule has 0 radical (unpaired) electrons. The third-order valence-electron chi connectivity index (χ3n) is 1.67. The maximum atomic E-state index is 12.4. The first kappa shape index (κ1) is 12.2. The Morgan fingerprint density at radius 2 is 1.69 bits per heavy atom. The van der Waals surface area contributed by atoms with Crippen molar-refractivity contribution in [3.63, 3.8) is 0 Å². The summed E-state index contributed by atoms with van der Waals surface area (Å²) in [5.41, 5.74) is -0.181. The number of carbonyl (C=O) groups excluding carboxylic acids is 1. The summed E-state index contributed by atoms with van der Waals surface area (Å²) in [7, 11) is 0. The van der Waals surface area contributed by atoms with Crippen molar-refractivity contribution in [2.75, 3.05) is 0 Å². The summed E-state index contributed by atoms with van der Waals surface area (Å²) in [5.74, 6) is -3.97. The molecule has 1 rings (SSSR count). The fourth-order valence-corrected chi connectivity index (χ4v) is 0.898. The van der Waals surface area contributed by atoms with Crippen LogP contribution < -0.4 is 5.11 Å². The van der Waals surface area contributed by atoms with E-state index in [1.807, 2.05) is 0 Å². The number of carbonyl (C=O) groups is 1. The summed E-state index contributed by atoms with van der Waals surface area (Å²) in [6, 6.07) is 3.83. The molecule has 0 spiro atoms. The Hall–Kier alpha value is -1.85. The van der Waals surface area contributed by atoms with Crippen molar-refractivity contribution in [2.45, 2.75) is 6.18 Å². The first-order valence-corrected chi connectivity index (χ1v) is 4.06. The molecule has 0 aromatic heterocycles. The standard InChI is InChI=1S/C10H6F4O2/c11-7-3-1-6(2-4-7)8(15)5-9(16)10(12,13)14/h1-5,15H/p-1/b8-5-. The predicted molar refractivity (Wildman–Crippen MR) is 45.4 cm³/mol. The largest absolute Gasteiger partial charge is 0.872 e. The number of ketones is 1. The van der Waals surface area contributed by atoms with Crippen molar-refractivity contribution in [1.82, 2.24) is 0 Å². The first-order valence-electron chi connectivity index (χ1n) is 4.06. The van der Waals surface area contributed by atoms with E-state index >= 15 is 0 Å². The Morgan fingerprint density at radius 1 is 1.19 bits per heavy atom. The van der Waals surface area contributed by atoms with Crippen LogP contribution in [-0.4, -0.2) is 12.0 Å². The van der Waals surface area contributed by atoms with Crippen LogP contribution in [0.15, 0.2) is 30.3 Å². The molecule has 0 unspecified atom stereocenters. The highest BCUT2D eigenvalue weighted by molar-refractivity contribution is 5.98. The molecule has 0 aliphatic rings. The van der Waals surface area contributed by atoms with E-state index < -0.39 is 23.5 Å². The Balaban J connectivity index is 2.94. The third-order valence-corrected chi connectivity index (χ3v) is 1.67. The van der Waals surface area contributed by atoms with Crippen LogP contribution >= 0.6 is 0 Å². The number of alkyl halides is 3. The number of hydrogen-bond donors (Lipinski definition) is 0. The van der Waals surface area contributed by atoms with Gasteiger partial charge in [0.1, 0.15) is 5.82 Å². The van der Waals surface area contributed by atoms with E-state index in [9.17, 15) is 27.5 Å². The van der Waals surface area contributed by atoms with Crippen molar-refractivity contribution in [3.05, 3.63) is 41.7 Å². The van der Waals surface area contributed by atoms with E-state index in [1.54, 1.807) is 0 Å². The molecule has 1 aromatic rings. The van der Waals surface area contributed by atoms with Gasteiger partial charge in [0.2, 0.25) is 0 Å². The Kier molecular flexibility index (Phi) is 3.31.